The number of pyridine rings is 1. The minimum absolute atomic E-state index is 0. The molecule has 136 valence electrons. The summed E-state index contributed by atoms with van der Waals surface area (Å²) in [5.74, 6) is 2.25. The normalized spacial score (nSPS) is 10.6. The number of aromatic nitrogens is 1. The second kappa shape index (κ2) is 10.6. The van der Waals surface area contributed by atoms with Crippen molar-refractivity contribution >= 4 is 29.9 Å². The third-order valence-corrected chi connectivity index (χ3v) is 3.38. The summed E-state index contributed by atoms with van der Waals surface area (Å²) < 4.78 is 15.7. The molecule has 1 heterocycles. The van der Waals surface area contributed by atoms with E-state index in [1.54, 1.807) is 27.5 Å². The molecule has 0 aliphatic heterocycles. The topological polar surface area (TPSA) is 91.0 Å². The third-order valence-electron chi connectivity index (χ3n) is 3.38. The zero-order valence-electron chi connectivity index (χ0n) is 14.5. The standard InChI is InChI=1S/C17H22N4O3.HI/c1-22-14-7-6-12(9-15(14)23-2)10-20-17(18)21-11-13-5-4-8-19-16(13)24-3;/h4-9H,10-11H2,1-3H3,(H3,18,20,21);1H. The van der Waals surface area contributed by atoms with Crippen LogP contribution in [0.5, 0.6) is 17.4 Å². The molecule has 25 heavy (non-hydrogen) atoms. The van der Waals surface area contributed by atoms with Gasteiger partial charge in [0.15, 0.2) is 17.5 Å². The Kier molecular flexibility index (Phi) is 8.82. The van der Waals surface area contributed by atoms with Gasteiger partial charge in [-0.1, -0.05) is 12.1 Å². The van der Waals surface area contributed by atoms with Crippen molar-refractivity contribution in [2.24, 2.45) is 10.7 Å². The lowest BCUT2D eigenvalue weighted by molar-refractivity contribution is 0.354. The number of methoxy groups -OCH3 is 3. The highest BCUT2D eigenvalue weighted by atomic mass is 127. The zero-order valence-corrected chi connectivity index (χ0v) is 16.8. The molecule has 0 fully saturated rings. The number of guanidine groups is 1. The van der Waals surface area contributed by atoms with Crippen LogP contribution in [0.1, 0.15) is 11.1 Å². The van der Waals surface area contributed by atoms with Gasteiger partial charge in [-0.25, -0.2) is 9.98 Å². The summed E-state index contributed by atoms with van der Waals surface area (Å²) >= 11 is 0. The molecule has 0 aliphatic carbocycles. The first-order valence-corrected chi connectivity index (χ1v) is 7.40. The van der Waals surface area contributed by atoms with Crippen LogP contribution in [0.25, 0.3) is 0 Å². The summed E-state index contributed by atoms with van der Waals surface area (Å²) in [6.07, 6.45) is 1.68. The van der Waals surface area contributed by atoms with E-state index in [0.29, 0.717) is 36.4 Å². The number of hydrogen-bond donors (Lipinski definition) is 2. The van der Waals surface area contributed by atoms with Gasteiger partial charge in [0.2, 0.25) is 5.88 Å². The highest BCUT2D eigenvalue weighted by Gasteiger charge is 2.05. The molecule has 1 aromatic carbocycles. The second-order valence-corrected chi connectivity index (χ2v) is 4.92. The van der Waals surface area contributed by atoms with Gasteiger partial charge in [0.25, 0.3) is 0 Å². The minimum Gasteiger partial charge on any atom is -0.493 e. The Morgan fingerprint density at radius 1 is 1.12 bits per heavy atom. The Labute approximate surface area is 164 Å². The number of halogens is 1. The van der Waals surface area contributed by atoms with Gasteiger partial charge in [-0.05, 0) is 23.8 Å². The Morgan fingerprint density at radius 3 is 2.56 bits per heavy atom. The van der Waals surface area contributed by atoms with Crippen LogP contribution < -0.4 is 25.3 Å². The summed E-state index contributed by atoms with van der Waals surface area (Å²) in [6.45, 7) is 0.918. The van der Waals surface area contributed by atoms with Gasteiger partial charge in [0.1, 0.15) is 0 Å². The van der Waals surface area contributed by atoms with Crippen molar-refractivity contribution in [3.05, 3.63) is 47.7 Å². The number of nitrogens with zero attached hydrogens (tertiary/aromatic N) is 2. The smallest absolute Gasteiger partial charge is 0.218 e. The van der Waals surface area contributed by atoms with Crippen LogP contribution >= 0.6 is 24.0 Å². The molecule has 0 aliphatic rings. The number of benzene rings is 1. The lowest BCUT2D eigenvalue weighted by Gasteiger charge is -2.10. The molecule has 0 radical (unpaired) electrons. The van der Waals surface area contributed by atoms with Crippen molar-refractivity contribution in [3.8, 4) is 17.4 Å². The maximum Gasteiger partial charge on any atom is 0.218 e. The van der Waals surface area contributed by atoms with Crippen LogP contribution in [0.4, 0.5) is 0 Å². The Balaban J connectivity index is 0.00000312. The molecule has 0 atom stereocenters. The van der Waals surface area contributed by atoms with Crippen molar-refractivity contribution in [1.29, 1.82) is 0 Å². The van der Waals surface area contributed by atoms with Gasteiger partial charge >= 0.3 is 0 Å². The number of ether oxygens (including phenoxy) is 3. The fourth-order valence-electron chi connectivity index (χ4n) is 2.14. The SMILES string of the molecule is COc1ccc(CN=C(N)NCc2cccnc2OC)cc1OC.I. The van der Waals surface area contributed by atoms with Crippen LogP contribution in [-0.4, -0.2) is 32.3 Å². The molecule has 0 unspecified atom stereocenters. The van der Waals surface area contributed by atoms with Gasteiger partial charge in [-0.3, -0.25) is 0 Å². The lowest BCUT2D eigenvalue weighted by atomic mass is 10.2. The average Bonchev–Trinajstić information content (AvgIpc) is 2.64. The fourth-order valence-corrected chi connectivity index (χ4v) is 2.14. The summed E-state index contributed by atoms with van der Waals surface area (Å²) in [7, 11) is 4.78. The van der Waals surface area contributed by atoms with E-state index in [2.05, 4.69) is 15.3 Å². The first-order valence-electron chi connectivity index (χ1n) is 7.40. The first kappa shape index (κ1) is 20.8. The van der Waals surface area contributed by atoms with E-state index in [9.17, 15) is 0 Å². The molecule has 7 nitrogen and oxygen atoms in total. The van der Waals surface area contributed by atoms with Gasteiger partial charge < -0.3 is 25.3 Å². The maximum absolute atomic E-state index is 5.91. The number of rotatable bonds is 7. The molecule has 1 aromatic heterocycles. The second-order valence-electron chi connectivity index (χ2n) is 4.92. The van der Waals surface area contributed by atoms with Gasteiger partial charge in [-0.2, -0.15) is 0 Å². The van der Waals surface area contributed by atoms with Gasteiger partial charge in [0, 0.05) is 18.3 Å². The fraction of sp³-hybridized carbons (Fsp3) is 0.294. The highest BCUT2D eigenvalue weighted by Crippen LogP contribution is 2.27. The summed E-state index contributed by atoms with van der Waals surface area (Å²) in [4.78, 5) is 8.46. The number of aliphatic imine (C=N–C) groups is 1. The summed E-state index contributed by atoms with van der Waals surface area (Å²) in [6, 6.07) is 9.40. The van der Waals surface area contributed by atoms with E-state index in [0.717, 1.165) is 11.1 Å². The van der Waals surface area contributed by atoms with Crippen LogP contribution in [-0.2, 0) is 13.1 Å². The van der Waals surface area contributed by atoms with E-state index < -0.39 is 0 Å². The monoisotopic (exact) mass is 458 g/mol. The predicted octanol–water partition coefficient (Wildman–Crippen LogP) is 2.33. The molecule has 8 heteroatoms. The lowest BCUT2D eigenvalue weighted by Crippen LogP contribution is -2.31. The molecule has 0 saturated heterocycles. The van der Waals surface area contributed by atoms with Crippen molar-refractivity contribution in [2.45, 2.75) is 13.1 Å². The Hall–Kier alpha value is -2.23. The van der Waals surface area contributed by atoms with E-state index in [1.807, 2.05) is 30.3 Å². The first-order chi connectivity index (χ1) is 11.7. The molecule has 3 N–H and O–H groups in total. The number of nitrogens with one attached hydrogen (secondary N) is 1. The molecule has 2 aromatic rings. The van der Waals surface area contributed by atoms with Crippen molar-refractivity contribution in [1.82, 2.24) is 10.3 Å². The largest absolute Gasteiger partial charge is 0.493 e. The van der Waals surface area contributed by atoms with Crippen molar-refractivity contribution in [2.75, 3.05) is 21.3 Å². The van der Waals surface area contributed by atoms with E-state index in [-0.39, 0.29) is 24.0 Å². The minimum atomic E-state index is 0. The molecule has 0 amide bonds. The zero-order chi connectivity index (χ0) is 17.4. The van der Waals surface area contributed by atoms with Gasteiger partial charge in [-0.15, -0.1) is 24.0 Å². The molecular formula is C17H23IN4O3. The Bertz CT molecular complexity index is 710. The quantitative estimate of drug-likeness (QED) is 0.376. The summed E-state index contributed by atoms with van der Waals surface area (Å²) in [5, 5.41) is 3.05. The number of hydrogen-bond acceptors (Lipinski definition) is 5. The van der Waals surface area contributed by atoms with Gasteiger partial charge in [0.05, 0.1) is 27.9 Å². The molecular weight excluding hydrogens is 435 g/mol. The molecule has 0 bridgehead atoms. The predicted molar refractivity (Wildman–Crippen MR) is 108 cm³/mol. The van der Waals surface area contributed by atoms with E-state index in [4.69, 9.17) is 19.9 Å². The van der Waals surface area contributed by atoms with Crippen molar-refractivity contribution < 1.29 is 14.2 Å². The summed E-state index contributed by atoms with van der Waals surface area (Å²) in [5.41, 5.74) is 7.78. The van der Waals surface area contributed by atoms with Crippen molar-refractivity contribution in [3.63, 3.8) is 0 Å². The Morgan fingerprint density at radius 2 is 1.88 bits per heavy atom. The number of nitrogens with two attached hydrogens (primary N) is 1. The van der Waals surface area contributed by atoms with E-state index in [1.165, 1.54) is 0 Å². The third kappa shape index (κ3) is 5.96. The highest BCUT2D eigenvalue weighted by molar-refractivity contribution is 14.0. The maximum atomic E-state index is 5.91. The molecule has 0 spiro atoms. The van der Waals surface area contributed by atoms with E-state index >= 15 is 0 Å². The molecule has 0 saturated carbocycles. The molecule has 2 rings (SSSR count). The van der Waals surface area contributed by atoms with Crippen LogP contribution in [0.15, 0.2) is 41.5 Å². The van der Waals surface area contributed by atoms with Crippen LogP contribution in [0.2, 0.25) is 0 Å². The van der Waals surface area contributed by atoms with Crippen LogP contribution in [0, 0.1) is 0 Å². The average molecular weight is 458 g/mol. The van der Waals surface area contributed by atoms with Crippen LogP contribution in [0.3, 0.4) is 0 Å².